The van der Waals surface area contributed by atoms with Crippen molar-refractivity contribution in [2.75, 3.05) is 13.2 Å². The van der Waals surface area contributed by atoms with E-state index in [1.54, 1.807) is 5.57 Å². The standard InChI is InChI=1S/C25H37NO2.C2H6/c1-23-11-10-22-20(21(23)9-7-18(23)5-3-4-14-26)8-6-19-17-25(27-15-16-28-25)13-12-24(19,22)2;1-2/h17-18,20-22H,3-13,15-16H2,1-2H3;1-2H3. The van der Waals surface area contributed by atoms with Crippen molar-refractivity contribution >= 4 is 0 Å². The third-order valence-corrected chi connectivity index (χ3v) is 9.94. The Kier molecular flexibility index (Phi) is 6.40. The smallest absolute Gasteiger partial charge is 0.188 e. The highest BCUT2D eigenvalue weighted by Crippen LogP contribution is 2.67. The van der Waals surface area contributed by atoms with Gasteiger partial charge >= 0.3 is 0 Å². The van der Waals surface area contributed by atoms with Crippen LogP contribution in [0.2, 0.25) is 0 Å². The van der Waals surface area contributed by atoms with E-state index in [4.69, 9.17) is 14.7 Å². The van der Waals surface area contributed by atoms with Crippen LogP contribution in [0.3, 0.4) is 0 Å². The number of hydrogen-bond acceptors (Lipinski definition) is 3. The van der Waals surface area contributed by atoms with Gasteiger partial charge in [0.1, 0.15) is 0 Å². The second-order valence-corrected chi connectivity index (χ2v) is 10.9. The molecule has 0 radical (unpaired) electrons. The van der Waals surface area contributed by atoms with Crippen molar-refractivity contribution in [3.63, 3.8) is 0 Å². The van der Waals surface area contributed by atoms with Crippen molar-refractivity contribution in [3.05, 3.63) is 11.6 Å². The summed E-state index contributed by atoms with van der Waals surface area (Å²) in [6, 6.07) is 2.35. The van der Waals surface area contributed by atoms with E-state index < -0.39 is 0 Å². The van der Waals surface area contributed by atoms with E-state index in [1.807, 2.05) is 13.8 Å². The molecule has 4 aliphatic carbocycles. The van der Waals surface area contributed by atoms with Crippen molar-refractivity contribution in [1.82, 2.24) is 0 Å². The average molecular weight is 414 g/mol. The van der Waals surface area contributed by atoms with Crippen LogP contribution >= 0.6 is 0 Å². The summed E-state index contributed by atoms with van der Waals surface area (Å²) in [5.41, 5.74) is 2.54. The summed E-state index contributed by atoms with van der Waals surface area (Å²) in [6.07, 6.45) is 16.0. The van der Waals surface area contributed by atoms with Crippen molar-refractivity contribution in [3.8, 4) is 6.07 Å². The molecule has 1 saturated heterocycles. The van der Waals surface area contributed by atoms with Crippen LogP contribution in [0.4, 0.5) is 0 Å². The zero-order valence-corrected chi connectivity index (χ0v) is 19.8. The zero-order valence-electron chi connectivity index (χ0n) is 19.8. The molecule has 5 aliphatic rings. The largest absolute Gasteiger partial charge is 0.344 e. The third kappa shape index (κ3) is 3.47. The molecule has 168 valence electrons. The summed E-state index contributed by atoms with van der Waals surface area (Å²) < 4.78 is 12.1. The second-order valence-electron chi connectivity index (χ2n) is 10.9. The van der Waals surface area contributed by atoms with Crippen LogP contribution in [0.25, 0.3) is 0 Å². The number of nitrogens with zero attached hydrogens (tertiary/aromatic N) is 1. The molecule has 3 saturated carbocycles. The maximum Gasteiger partial charge on any atom is 0.188 e. The van der Waals surface area contributed by atoms with Gasteiger partial charge < -0.3 is 9.47 Å². The maximum atomic E-state index is 8.93. The molecule has 1 aliphatic heterocycles. The molecule has 1 heterocycles. The van der Waals surface area contributed by atoms with Crippen LogP contribution in [0.5, 0.6) is 0 Å². The van der Waals surface area contributed by atoms with E-state index >= 15 is 0 Å². The zero-order chi connectivity index (χ0) is 21.4. The van der Waals surface area contributed by atoms with Crippen LogP contribution in [0.1, 0.15) is 98.3 Å². The summed E-state index contributed by atoms with van der Waals surface area (Å²) in [5.74, 6) is 3.13. The monoisotopic (exact) mass is 413 g/mol. The molecule has 1 spiro atoms. The molecule has 0 N–H and O–H groups in total. The number of unbranched alkanes of at least 4 members (excludes halogenated alkanes) is 1. The fourth-order valence-electron chi connectivity index (χ4n) is 8.39. The van der Waals surface area contributed by atoms with Crippen LogP contribution in [0.15, 0.2) is 11.6 Å². The van der Waals surface area contributed by atoms with Crippen LogP contribution < -0.4 is 0 Å². The van der Waals surface area contributed by atoms with Gasteiger partial charge in [0.15, 0.2) is 5.79 Å². The van der Waals surface area contributed by atoms with Gasteiger partial charge in [-0.25, -0.2) is 0 Å². The van der Waals surface area contributed by atoms with Crippen molar-refractivity contribution in [2.24, 2.45) is 34.5 Å². The third-order valence-electron chi connectivity index (χ3n) is 9.94. The van der Waals surface area contributed by atoms with Gasteiger partial charge in [-0.2, -0.15) is 5.26 Å². The minimum Gasteiger partial charge on any atom is -0.344 e. The summed E-state index contributed by atoms with van der Waals surface area (Å²) in [5, 5.41) is 8.93. The van der Waals surface area contributed by atoms with Gasteiger partial charge in [-0.3, -0.25) is 0 Å². The molecule has 0 aromatic carbocycles. The first-order valence-electron chi connectivity index (χ1n) is 12.9. The quantitative estimate of drug-likeness (QED) is 0.368. The molecule has 6 atom stereocenters. The van der Waals surface area contributed by atoms with E-state index in [1.165, 1.54) is 51.4 Å². The molecule has 30 heavy (non-hydrogen) atoms. The normalized spacial score (nSPS) is 43.5. The molecule has 0 amide bonds. The Balaban J connectivity index is 0.00000106. The summed E-state index contributed by atoms with van der Waals surface area (Å²) in [7, 11) is 0. The SMILES string of the molecule is CC.CC12CCC3(C=C1CCC1C2CCC2(C)C(CCCC#N)CCC12)OCCO3. The van der Waals surface area contributed by atoms with Crippen LogP contribution in [-0.4, -0.2) is 19.0 Å². The van der Waals surface area contributed by atoms with Gasteiger partial charge in [-0.05, 0) is 98.4 Å². The lowest BCUT2D eigenvalue weighted by Crippen LogP contribution is -2.52. The van der Waals surface area contributed by atoms with E-state index in [9.17, 15) is 0 Å². The van der Waals surface area contributed by atoms with E-state index in [2.05, 4.69) is 26.0 Å². The summed E-state index contributed by atoms with van der Waals surface area (Å²) in [6.45, 7) is 10.7. The first kappa shape index (κ1) is 22.3. The lowest BCUT2D eigenvalue weighted by molar-refractivity contribution is -0.144. The number of nitriles is 1. The first-order chi connectivity index (χ1) is 14.5. The number of rotatable bonds is 3. The van der Waals surface area contributed by atoms with E-state index in [0.717, 1.165) is 56.1 Å². The number of hydrogen-bond donors (Lipinski definition) is 0. The molecular weight excluding hydrogens is 370 g/mol. The van der Waals surface area contributed by atoms with Gasteiger partial charge in [-0.1, -0.05) is 33.3 Å². The average Bonchev–Trinajstić information content (AvgIpc) is 3.35. The Bertz CT molecular complexity index is 687. The summed E-state index contributed by atoms with van der Waals surface area (Å²) in [4.78, 5) is 0. The molecule has 0 bridgehead atoms. The predicted octanol–water partition coefficient (Wildman–Crippen LogP) is 7.03. The number of allylic oxidation sites excluding steroid dienone is 1. The maximum absolute atomic E-state index is 8.93. The van der Waals surface area contributed by atoms with Crippen molar-refractivity contribution in [2.45, 2.75) is 104 Å². The molecule has 3 nitrogen and oxygen atoms in total. The Morgan fingerprint density at radius 1 is 1.00 bits per heavy atom. The van der Waals surface area contributed by atoms with Crippen LogP contribution in [0, 0.1) is 45.8 Å². The molecule has 5 rings (SSSR count). The van der Waals surface area contributed by atoms with Crippen molar-refractivity contribution < 1.29 is 9.47 Å². The van der Waals surface area contributed by atoms with Gasteiger partial charge in [-0.15, -0.1) is 0 Å². The molecule has 6 unspecified atom stereocenters. The first-order valence-corrected chi connectivity index (χ1v) is 12.9. The number of ether oxygens (including phenoxy) is 2. The van der Waals surface area contributed by atoms with Gasteiger partial charge in [0.05, 0.1) is 19.3 Å². The lowest BCUT2D eigenvalue weighted by Gasteiger charge is -2.59. The predicted molar refractivity (Wildman–Crippen MR) is 121 cm³/mol. The topological polar surface area (TPSA) is 42.2 Å². The minimum atomic E-state index is -0.385. The summed E-state index contributed by atoms with van der Waals surface area (Å²) >= 11 is 0. The molecule has 0 aromatic rings. The molecular formula is C27H43NO2. The van der Waals surface area contributed by atoms with Crippen LogP contribution in [-0.2, 0) is 9.47 Å². The van der Waals surface area contributed by atoms with Gasteiger partial charge in [0.2, 0.25) is 0 Å². The lowest BCUT2D eigenvalue weighted by atomic mass is 9.46. The minimum absolute atomic E-state index is 0.365. The Labute approximate surface area is 184 Å². The molecule has 4 fully saturated rings. The Morgan fingerprint density at radius 3 is 2.50 bits per heavy atom. The molecule has 0 aromatic heterocycles. The Morgan fingerprint density at radius 2 is 1.77 bits per heavy atom. The van der Waals surface area contributed by atoms with Gasteiger partial charge in [0, 0.05) is 12.8 Å². The highest BCUT2D eigenvalue weighted by atomic mass is 16.7. The van der Waals surface area contributed by atoms with E-state index in [0.29, 0.717) is 10.8 Å². The number of fused-ring (bicyclic) bond motifs is 5. The highest BCUT2D eigenvalue weighted by molar-refractivity contribution is 5.27. The highest BCUT2D eigenvalue weighted by Gasteiger charge is 2.59. The van der Waals surface area contributed by atoms with E-state index in [-0.39, 0.29) is 5.79 Å². The fraction of sp³-hybridized carbons (Fsp3) is 0.889. The van der Waals surface area contributed by atoms with Gasteiger partial charge in [0.25, 0.3) is 0 Å². The second kappa shape index (κ2) is 8.59. The Hall–Kier alpha value is -0.850. The molecule has 3 heteroatoms. The fourth-order valence-corrected chi connectivity index (χ4v) is 8.39. The van der Waals surface area contributed by atoms with Crippen molar-refractivity contribution in [1.29, 1.82) is 5.26 Å².